The monoisotopic (exact) mass is 153 g/mol. The van der Waals surface area contributed by atoms with E-state index in [1.807, 2.05) is 0 Å². The van der Waals surface area contributed by atoms with Gasteiger partial charge in [0.1, 0.15) is 5.57 Å². The van der Waals surface area contributed by atoms with E-state index >= 15 is 0 Å². The highest BCUT2D eigenvalue weighted by Crippen LogP contribution is 2.24. The maximum atomic E-state index is 11.4. The lowest BCUT2D eigenvalue weighted by atomic mass is 10.3. The fraction of sp³-hybridized carbons (Fsp3) is 0.250. The van der Waals surface area contributed by atoms with Gasteiger partial charge in [-0.25, -0.2) is 0 Å². The molecule has 0 saturated heterocycles. The Morgan fingerprint density at radius 2 is 1.80 bits per heavy atom. The Bertz CT molecular complexity index is 183. The molecular formula is C4H2F3NO2. The SMILES string of the molecule is C=C(C(=O)N=O)C(F)(F)F. The van der Waals surface area contributed by atoms with Gasteiger partial charge in [-0.1, -0.05) is 6.58 Å². The van der Waals surface area contributed by atoms with E-state index in [0.29, 0.717) is 0 Å². The minimum Gasteiger partial charge on any atom is -0.263 e. The predicted molar refractivity (Wildman–Crippen MR) is 26.0 cm³/mol. The number of carbonyl (C=O) groups is 1. The van der Waals surface area contributed by atoms with E-state index < -0.39 is 17.7 Å². The van der Waals surface area contributed by atoms with E-state index in [-0.39, 0.29) is 0 Å². The van der Waals surface area contributed by atoms with E-state index in [0.717, 1.165) is 0 Å². The van der Waals surface area contributed by atoms with Gasteiger partial charge in [-0.3, -0.25) is 4.79 Å². The molecule has 0 aliphatic heterocycles. The predicted octanol–water partition coefficient (Wildman–Crippen LogP) is 1.40. The minimum absolute atomic E-state index is 1.55. The van der Waals surface area contributed by atoms with Gasteiger partial charge in [0.25, 0.3) is 0 Å². The molecule has 0 fully saturated rings. The summed E-state index contributed by atoms with van der Waals surface area (Å²) in [7, 11) is 0. The molecule has 0 atom stereocenters. The normalized spacial score (nSPS) is 10.7. The first-order valence-corrected chi connectivity index (χ1v) is 2.03. The number of nitroso groups, excluding NO2 is 1. The molecule has 1 amide bonds. The van der Waals surface area contributed by atoms with E-state index in [4.69, 9.17) is 0 Å². The van der Waals surface area contributed by atoms with Gasteiger partial charge >= 0.3 is 12.1 Å². The molecular weight excluding hydrogens is 151 g/mol. The van der Waals surface area contributed by atoms with E-state index in [1.165, 1.54) is 0 Å². The maximum Gasteiger partial charge on any atom is 0.421 e. The van der Waals surface area contributed by atoms with Gasteiger partial charge in [0.2, 0.25) is 0 Å². The van der Waals surface area contributed by atoms with Gasteiger partial charge in [-0.05, 0) is 0 Å². The summed E-state index contributed by atoms with van der Waals surface area (Å²) in [5.41, 5.74) is -1.75. The Hall–Kier alpha value is -1.20. The second-order valence-corrected chi connectivity index (χ2v) is 1.37. The third-order valence-electron chi connectivity index (χ3n) is 0.683. The van der Waals surface area contributed by atoms with Crippen LogP contribution in [0.3, 0.4) is 0 Å². The van der Waals surface area contributed by atoms with Gasteiger partial charge < -0.3 is 0 Å². The van der Waals surface area contributed by atoms with E-state index in [9.17, 15) is 22.9 Å². The summed E-state index contributed by atoms with van der Waals surface area (Å²) in [6.07, 6.45) is -4.86. The molecule has 0 heterocycles. The van der Waals surface area contributed by atoms with Crippen LogP contribution in [-0.2, 0) is 4.79 Å². The van der Waals surface area contributed by atoms with Crippen molar-refractivity contribution in [2.45, 2.75) is 6.18 Å². The maximum absolute atomic E-state index is 11.4. The zero-order valence-electron chi connectivity index (χ0n) is 4.60. The topological polar surface area (TPSA) is 46.5 Å². The van der Waals surface area contributed by atoms with Crippen LogP contribution < -0.4 is 0 Å². The van der Waals surface area contributed by atoms with Crippen LogP contribution in [0.15, 0.2) is 17.3 Å². The molecule has 6 heteroatoms. The number of hydrogen-bond donors (Lipinski definition) is 0. The van der Waals surface area contributed by atoms with Gasteiger partial charge in [0, 0.05) is 5.18 Å². The quantitative estimate of drug-likeness (QED) is 0.422. The number of alkyl halides is 3. The van der Waals surface area contributed by atoms with Crippen LogP contribution >= 0.6 is 0 Å². The van der Waals surface area contributed by atoms with Crippen LogP contribution in [0.25, 0.3) is 0 Å². The van der Waals surface area contributed by atoms with Crippen molar-refractivity contribution in [3.05, 3.63) is 17.1 Å². The lowest BCUT2D eigenvalue weighted by molar-refractivity contribution is -0.127. The van der Waals surface area contributed by atoms with Crippen molar-refractivity contribution in [1.29, 1.82) is 0 Å². The van der Waals surface area contributed by atoms with Gasteiger partial charge in [-0.2, -0.15) is 13.2 Å². The van der Waals surface area contributed by atoms with Gasteiger partial charge in [-0.15, -0.1) is 4.91 Å². The molecule has 0 aliphatic rings. The molecule has 0 saturated carbocycles. The summed E-state index contributed by atoms with van der Waals surface area (Å²) < 4.78 is 34.1. The smallest absolute Gasteiger partial charge is 0.263 e. The summed E-state index contributed by atoms with van der Waals surface area (Å²) in [4.78, 5) is 19.1. The average molecular weight is 153 g/mol. The Morgan fingerprint density at radius 3 is 1.90 bits per heavy atom. The van der Waals surface area contributed by atoms with Crippen molar-refractivity contribution in [3.8, 4) is 0 Å². The number of amides is 1. The molecule has 0 aliphatic carbocycles. The Morgan fingerprint density at radius 1 is 1.40 bits per heavy atom. The van der Waals surface area contributed by atoms with Crippen molar-refractivity contribution in [2.24, 2.45) is 5.18 Å². The first kappa shape index (κ1) is 8.80. The Balaban J connectivity index is 4.38. The summed E-state index contributed by atoms with van der Waals surface area (Å²) in [6, 6.07) is 0. The number of nitrogens with zero attached hydrogens (tertiary/aromatic N) is 1. The second-order valence-electron chi connectivity index (χ2n) is 1.37. The van der Waals surface area contributed by atoms with Crippen LogP contribution in [0, 0.1) is 4.91 Å². The number of hydrogen-bond acceptors (Lipinski definition) is 2. The summed E-state index contributed by atoms with van der Waals surface area (Å²) >= 11 is 0. The summed E-state index contributed by atoms with van der Waals surface area (Å²) in [6.45, 7) is 2.33. The van der Waals surface area contributed by atoms with Crippen molar-refractivity contribution < 1.29 is 18.0 Å². The van der Waals surface area contributed by atoms with Crippen molar-refractivity contribution in [3.63, 3.8) is 0 Å². The molecule has 0 bridgehead atoms. The molecule has 0 aromatic heterocycles. The van der Waals surface area contributed by atoms with E-state index in [1.54, 1.807) is 5.18 Å². The fourth-order valence-electron chi connectivity index (χ4n) is 0.176. The molecule has 0 N–H and O–H groups in total. The summed E-state index contributed by atoms with van der Waals surface area (Å²) in [5, 5.41) is 1.55. The Kier molecular flexibility index (Phi) is 2.28. The minimum atomic E-state index is -4.86. The zero-order valence-corrected chi connectivity index (χ0v) is 4.60. The second kappa shape index (κ2) is 2.59. The van der Waals surface area contributed by atoms with Crippen LogP contribution in [0.2, 0.25) is 0 Å². The lowest BCUT2D eigenvalue weighted by Crippen LogP contribution is -2.16. The highest BCUT2D eigenvalue weighted by Gasteiger charge is 2.37. The first-order chi connectivity index (χ1) is 4.39. The molecule has 10 heavy (non-hydrogen) atoms. The average Bonchev–Trinajstić information content (AvgIpc) is 1.83. The largest absolute Gasteiger partial charge is 0.421 e. The van der Waals surface area contributed by atoms with Gasteiger partial charge in [0.15, 0.2) is 0 Å². The van der Waals surface area contributed by atoms with Crippen LogP contribution in [-0.4, -0.2) is 12.1 Å². The molecule has 0 radical (unpaired) electrons. The van der Waals surface area contributed by atoms with E-state index in [2.05, 4.69) is 6.58 Å². The molecule has 0 unspecified atom stereocenters. The Labute approximate surface area is 53.5 Å². The highest BCUT2D eigenvalue weighted by atomic mass is 19.4. The van der Waals surface area contributed by atoms with Crippen molar-refractivity contribution in [2.75, 3.05) is 0 Å². The number of halogens is 3. The number of carbonyl (C=O) groups excluding carboxylic acids is 1. The van der Waals surface area contributed by atoms with Crippen LogP contribution in [0.5, 0.6) is 0 Å². The third kappa shape index (κ3) is 1.96. The van der Waals surface area contributed by atoms with Crippen molar-refractivity contribution in [1.82, 2.24) is 0 Å². The molecule has 0 spiro atoms. The van der Waals surface area contributed by atoms with Gasteiger partial charge in [0.05, 0.1) is 0 Å². The summed E-state index contributed by atoms with van der Waals surface area (Å²) in [5.74, 6) is -1.88. The lowest BCUT2D eigenvalue weighted by Gasteiger charge is -2.02. The number of rotatable bonds is 1. The molecule has 0 aromatic rings. The standard InChI is InChI=1S/C4H2F3NO2/c1-2(3(9)8-10)4(5,6)7/h1H2. The first-order valence-electron chi connectivity index (χ1n) is 2.03. The zero-order chi connectivity index (χ0) is 8.36. The molecule has 3 nitrogen and oxygen atoms in total. The molecule has 56 valence electrons. The van der Waals surface area contributed by atoms with Crippen LogP contribution in [0.1, 0.15) is 0 Å². The molecule has 0 aromatic carbocycles. The van der Waals surface area contributed by atoms with Crippen LogP contribution in [0.4, 0.5) is 13.2 Å². The highest BCUT2D eigenvalue weighted by molar-refractivity contribution is 5.94. The van der Waals surface area contributed by atoms with Crippen molar-refractivity contribution >= 4 is 5.91 Å². The molecule has 0 rings (SSSR count). The fourth-order valence-corrected chi connectivity index (χ4v) is 0.176. The third-order valence-corrected chi connectivity index (χ3v) is 0.683.